The van der Waals surface area contributed by atoms with Gasteiger partial charge in [-0.2, -0.15) is 5.10 Å². The molecule has 2 aliphatic rings. The van der Waals surface area contributed by atoms with Crippen LogP contribution in [-0.4, -0.2) is 33.9 Å². The zero-order valence-corrected chi connectivity index (χ0v) is 18.7. The van der Waals surface area contributed by atoms with Crippen LogP contribution in [0.25, 0.3) is 11.1 Å². The van der Waals surface area contributed by atoms with Gasteiger partial charge in [-0.3, -0.25) is 10.1 Å². The first-order valence-corrected chi connectivity index (χ1v) is 11.4. The highest BCUT2D eigenvalue weighted by molar-refractivity contribution is 5.86. The first-order valence-electron chi connectivity index (χ1n) is 11.4. The largest absolute Gasteiger partial charge is 0.354 e. The molecule has 3 aromatic heterocycles. The van der Waals surface area contributed by atoms with Gasteiger partial charge in [0.15, 0.2) is 5.82 Å². The number of anilines is 3. The van der Waals surface area contributed by atoms with Gasteiger partial charge >= 0.3 is 0 Å². The number of pyridine rings is 2. The highest BCUT2D eigenvalue weighted by Gasteiger charge is 2.47. The van der Waals surface area contributed by atoms with Crippen molar-refractivity contribution in [2.45, 2.75) is 5.41 Å². The predicted molar refractivity (Wildman–Crippen MR) is 133 cm³/mol. The van der Waals surface area contributed by atoms with Crippen molar-refractivity contribution in [2.24, 2.45) is 0 Å². The Bertz CT molecular complexity index is 1480. The van der Waals surface area contributed by atoms with Crippen molar-refractivity contribution in [3.05, 3.63) is 120 Å². The van der Waals surface area contributed by atoms with Crippen LogP contribution in [0, 0.1) is 0 Å². The summed E-state index contributed by atoms with van der Waals surface area (Å²) in [6, 6.07) is 25.7. The molecule has 1 atom stereocenters. The lowest BCUT2D eigenvalue weighted by molar-refractivity contribution is 0.724. The number of benzene rings is 2. The summed E-state index contributed by atoms with van der Waals surface area (Å²) in [7, 11) is 2.10. The summed E-state index contributed by atoms with van der Waals surface area (Å²) < 4.78 is 0. The lowest BCUT2D eigenvalue weighted by Gasteiger charge is -2.32. The second kappa shape index (κ2) is 7.02. The van der Waals surface area contributed by atoms with Crippen molar-refractivity contribution in [2.75, 3.05) is 23.5 Å². The van der Waals surface area contributed by atoms with E-state index in [0.29, 0.717) is 0 Å². The summed E-state index contributed by atoms with van der Waals surface area (Å²) in [5.41, 5.74) is 8.73. The number of nitrogens with one attached hydrogen (secondary N) is 1. The second-order valence-corrected chi connectivity index (χ2v) is 8.85. The zero-order chi connectivity index (χ0) is 22.7. The Kier molecular flexibility index (Phi) is 3.94. The summed E-state index contributed by atoms with van der Waals surface area (Å²) >= 11 is 0. The molecule has 0 amide bonds. The summed E-state index contributed by atoms with van der Waals surface area (Å²) in [6.07, 6.45) is 7.56. The molecule has 0 saturated heterocycles. The Hall–Kier alpha value is -4.45. The van der Waals surface area contributed by atoms with E-state index in [4.69, 9.17) is 4.98 Å². The minimum Gasteiger partial charge on any atom is -0.354 e. The van der Waals surface area contributed by atoms with Crippen LogP contribution in [0.15, 0.2) is 97.6 Å². The number of hydrogen-bond donors (Lipinski definition) is 1. The average molecular weight is 443 g/mol. The first kappa shape index (κ1) is 19.1. The van der Waals surface area contributed by atoms with Gasteiger partial charge in [-0.05, 0) is 64.2 Å². The molecule has 0 spiro atoms. The van der Waals surface area contributed by atoms with E-state index in [1.807, 2.05) is 30.9 Å². The van der Waals surface area contributed by atoms with Crippen LogP contribution in [0.3, 0.4) is 0 Å². The van der Waals surface area contributed by atoms with Gasteiger partial charge in [0.2, 0.25) is 0 Å². The van der Waals surface area contributed by atoms with Gasteiger partial charge in [-0.25, -0.2) is 4.98 Å². The molecule has 2 aromatic carbocycles. The van der Waals surface area contributed by atoms with E-state index < -0.39 is 5.41 Å². The van der Waals surface area contributed by atoms with Crippen LogP contribution in [0.5, 0.6) is 0 Å². The van der Waals surface area contributed by atoms with Gasteiger partial charge < -0.3 is 9.80 Å². The van der Waals surface area contributed by atoms with Gasteiger partial charge in [-0.1, -0.05) is 36.4 Å². The molecule has 5 aromatic rings. The van der Waals surface area contributed by atoms with Crippen LogP contribution >= 0.6 is 0 Å². The Morgan fingerprint density at radius 1 is 0.853 bits per heavy atom. The van der Waals surface area contributed by atoms with Crippen LogP contribution in [0.4, 0.5) is 17.2 Å². The highest BCUT2D eigenvalue weighted by atomic mass is 15.4. The predicted octanol–water partition coefficient (Wildman–Crippen LogP) is 5.11. The van der Waals surface area contributed by atoms with Crippen molar-refractivity contribution in [1.29, 1.82) is 0 Å². The highest BCUT2D eigenvalue weighted by Crippen LogP contribution is 2.55. The summed E-state index contributed by atoms with van der Waals surface area (Å²) in [5, 5.41) is 7.65. The van der Waals surface area contributed by atoms with E-state index in [1.165, 1.54) is 22.3 Å². The van der Waals surface area contributed by atoms with Crippen LogP contribution in [0.2, 0.25) is 0 Å². The molecule has 0 saturated carbocycles. The maximum absolute atomic E-state index is 4.69. The molecule has 1 aliphatic heterocycles. The molecule has 1 aliphatic carbocycles. The van der Waals surface area contributed by atoms with Gasteiger partial charge in [-0.15, -0.1) is 0 Å². The zero-order valence-electron chi connectivity index (χ0n) is 18.7. The summed E-state index contributed by atoms with van der Waals surface area (Å²) in [4.78, 5) is 13.7. The number of aromatic nitrogens is 4. The van der Waals surface area contributed by atoms with Crippen molar-refractivity contribution >= 4 is 17.2 Å². The Labute approximate surface area is 197 Å². The number of aromatic amines is 1. The van der Waals surface area contributed by atoms with E-state index in [9.17, 15) is 0 Å². The number of hydrogen-bond acceptors (Lipinski definition) is 5. The summed E-state index contributed by atoms with van der Waals surface area (Å²) in [6.45, 7) is 0.752. The molecule has 6 heteroatoms. The normalized spacial score (nSPS) is 18.0. The Morgan fingerprint density at radius 3 is 2.68 bits per heavy atom. The fraction of sp³-hybridized carbons (Fsp3) is 0.107. The van der Waals surface area contributed by atoms with Gasteiger partial charge in [0, 0.05) is 37.5 Å². The molecule has 0 fully saturated rings. The number of nitrogens with zero attached hydrogens (tertiary/aromatic N) is 5. The van der Waals surface area contributed by atoms with Crippen molar-refractivity contribution < 1.29 is 0 Å². The van der Waals surface area contributed by atoms with Crippen molar-refractivity contribution in [3.8, 4) is 11.1 Å². The molecular formula is C28H22N6. The summed E-state index contributed by atoms with van der Waals surface area (Å²) in [5.74, 6) is 0.978. The minimum atomic E-state index is -0.536. The van der Waals surface area contributed by atoms with Crippen LogP contribution in [0.1, 0.15) is 22.4 Å². The third-order valence-corrected chi connectivity index (χ3v) is 7.13. The third-order valence-electron chi connectivity index (χ3n) is 7.13. The van der Waals surface area contributed by atoms with Gasteiger partial charge in [0.25, 0.3) is 0 Å². The van der Waals surface area contributed by atoms with Gasteiger partial charge in [0.1, 0.15) is 0 Å². The molecule has 7 rings (SSSR count). The van der Waals surface area contributed by atoms with E-state index >= 15 is 0 Å². The third kappa shape index (κ3) is 2.42. The molecule has 0 radical (unpaired) electrons. The van der Waals surface area contributed by atoms with Crippen molar-refractivity contribution in [3.63, 3.8) is 0 Å². The fourth-order valence-electron chi connectivity index (χ4n) is 5.70. The molecule has 4 heterocycles. The smallest absolute Gasteiger partial charge is 0.158 e. The molecule has 6 nitrogen and oxygen atoms in total. The van der Waals surface area contributed by atoms with Crippen molar-refractivity contribution in [1.82, 2.24) is 20.2 Å². The molecule has 164 valence electrons. The number of rotatable bonds is 3. The quantitative estimate of drug-likeness (QED) is 0.413. The van der Waals surface area contributed by atoms with Crippen LogP contribution in [-0.2, 0) is 5.41 Å². The van der Waals surface area contributed by atoms with E-state index in [2.05, 4.69) is 98.8 Å². The lowest BCUT2D eigenvalue weighted by Crippen LogP contribution is -2.30. The molecule has 0 bridgehead atoms. The van der Waals surface area contributed by atoms with E-state index in [1.54, 1.807) is 0 Å². The second-order valence-electron chi connectivity index (χ2n) is 8.85. The standard InChI is InChI=1S/C28H22N6/c1-33-18-34(27-25(33)10-5-13-30-27)20-7-4-6-19(16-20)28(26-12-15-31-32-26)23-9-3-2-8-21(23)22-11-14-29-17-24(22)28/h2-17H,18H2,1H3,(H,31,32). The molecule has 1 unspecified atom stereocenters. The van der Waals surface area contributed by atoms with E-state index in [0.717, 1.165) is 35.1 Å². The molecular weight excluding hydrogens is 420 g/mol. The monoisotopic (exact) mass is 442 g/mol. The maximum atomic E-state index is 4.69. The topological polar surface area (TPSA) is 60.9 Å². The SMILES string of the molecule is CN1CN(c2cccc(C3(c4ccn[nH]4)c4ccccc4-c4ccncc43)c2)c2ncccc21. The Morgan fingerprint density at radius 2 is 1.76 bits per heavy atom. The Balaban J connectivity index is 1.50. The first-order chi connectivity index (χ1) is 16.8. The maximum Gasteiger partial charge on any atom is 0.158 e. The number of fused-ring (bicyclic) bond motifs is 4. The fourth-order valence-corrected chi connectivity index (χ4v) is 5.70. The van der Waals surface area contributed by atoms with Crippen LogP contribution < -0.4 is 9.80 Å². The van der Waals surface area contributed by atoms with Gasteiger partial charge in [0.05, 0.1) is 23.5 Å². The minimum absolute atomic E-state index is 0.536. The number of H-pyrrole nitrogens is 1. The molecule has 1 N–H and O–H groups in total. The average Bonchev–Trinajstić information content (AvgIpc) is 3.61. The van der Waals surface area contributed by atoms with E-state index in [-0.39, 0.29) is 0 Å². The lowest BCUT2D eigenvalue weighted by atomic mass is 9.70. The molecule has 34 heavy (non-hydrogen) atoms.